The van der Waals surface area contributed by atoms with E-state index in [1.54, 1.807) is 6.92 Å². The number of alkyl halides is 1. The third kappa shape index (κ3) is 3.10. The normalized spacial score (nSPS) is 40.6. The van der Waals surface area contributed by atoms with E-state index in [9.17, 15) is 24.9 Å². The molecule has 2 saturated carbocycles. The Labute approximate surface area is 168 Å². The maximum absolute atomic E-state index is 12.4. The number of rotatable bonds is 4. The van der Waals surface area contributed by atoms with Crippen molar-refractivity contribution >= 4 is 23.5 Å². The Hall–Kier alpha value is -1.67. The Morgan fingerprint density at radius 1 is 1.46 bits per heavy atom. The van der Waals surface area contributed by atoms with Gasteiger partial charge in [-0.15, -0.1) is 11.6 Å². The van der Waals surface area contributed by atoms with Gasteiger partial charge in [-0.3, -0.25) is 0 Å². The predicted octanol–water partition coefficient (Wildman–Crippen LogP) is 0.861. The molecule has 0 aromatic carbocycles. The number of ether oxygens (including phenoxy) is 2. The summed E-state index contributed by atoms with van der Waals surface area (Å²) in [7, 11) is 0. The van der Waals surface area contributed by atoms with Gasteiger partial charge < -0.3 is 24.8 Å². The Morgan fingerprint density at radius 3 is 2.71 bits per heavy atom. The van der Waals surface area contributed by atoms with Crippen molar-refractivity contribution in [2.24, 2.45) is 17.8 Å². The second-order valence-corrected chi connectivity index (χ2v) is 7.98. The molecular formula is C20H25ClO7. The molecule has 3 rings (SSSR count). The quantitative estimate of drug-likeness (QED) is 0.271. The fraction of sp³-hybridized carbons (Fsp3) is 0.600. The number of hydrogen-bond acceptors (Lipinski definition) is 7. The molecule has 3 N–H and O–H groups in total. The number of esters is 2. The molecule has 7 nitrogen and oxygen atoms in total. The largest absolute Gasteiger partial charge is 0.458 e. The summed E-state index contributed by atoms with van der Waals surface area (Å²) in [6.45, 7) is 9.00. The van der Waals surface area contributed by atoms with Crippen molar-refractivity contribution in [3.63, 3.8) is 0 Å². The molecule has 0 radical (unpaired) electrons. The molecule has 1 heterocycles. The van der Waals surface area contributed by atoms with Crippen LogP contribution in [0.3, 0.4) is 0 Å². The highest BCUT2D eigenvalue weighted by Crippen LogP contribution is 2.55. The first-order chi connectivity index (χ1) is 13.2. The van der Waals surface area contributed by atoms with Crippen LogP contribution in [0.1, 0.15) is 19.8 Å². The molecule has 0 bridgehead atoms. The Balaban J connectivity index is 2.01. The molecule has 0 amide bonds. The van der Waals surface area contributed by atoms with E-state index in [0.29, 0.717) is 5.57 Å². The van der Waals surface area contributed by atoms with Crippen LogP contribution in [0.25, 0.3) is 0 Å². The number of fused-ring (bicyclic) bond motifs is 3. The molecule has 2 aliphatic carbocycles. The zero-order chi connectivity index (χ0) is 20.8. The van der Waals surface area contributed by atoms with Crippen LogP contribution in [0.2, 0.25) is 0 Å². The number of aliphatic hydroxyl groups is 3. The van der Waals surface area contributed by atoms with Gasteiger partial charge in [0.1, 0.15) is 17.8 Å². The molecule has 1 saturated heterocycles. The fourth-order valence-corrected chi connectivity index (χ4v) is 5.11. The van der Waals surface area contributed by atoms with Gasteiger partial charge in [-0.05, 0) is 19.3 Å². The van der Waals surface area contributed by atoms with Crippen LogP contribution in [0, 0.1) is 17.8 Å². The third-order valence-corrected chi connectivity index (χ3v) is 6.75. The standard InChI is InChI=1S/C20H25ClO7/c1-4-11(7-22)19(25)27-13-5-9(2)12-6-14(23)20(26,8-21)16(12)17-15(13)10(3)18(24)28-17/h4,12-17,22-23,26H,2-3,5-8H2,1H3/b11-4+/t12-,13-,14-,15+,16-,17-,20+/m0/s1. The lowest BCUT2D eigenvalue weighted by molar-refractivity contribution is -0.155. The molecule has 0 unspecified atom stereocenters. The molecular weight excluding hydrogens is 388 g/mol. The number of halogens is 1. The lowest BCUT2D eigenvalue weighted by Gasteiger charge is -2.37. The number of allylic oxidation sites excluding steroid dienone is 1. The minimum atomic E-state index is -1.67. The highest BCUT2D eigenvalue weighted by atomic mass is 35.5. The fourth-order valence-electron chi connectivity index (χ4n) is 4.75. The summed E-state index contributed by atoms with van der Waals surface area (Å²) < 4.78 is 11.1. The lowest BCUT2D eigenvalue weighted by atomic mass is 9.76. The van der Waals surface area contributed by atoms with Crippen molar-refractivity contribution in [3.05, 3.63) is 36.0 Å². The summed E-state index contributed by atoms with van der Waals surface area (Å²) in [5.74, 6) is -3.33. The smallest absolute Gasteiger partial charge is 0.336 e. The van der Waals surface area contributed by atoms with E-state index in [1.807, 2.05) is 0 Å². The van der Waals surface area contributed by atoms with Gasteiger partial charge in [0.2, 0.25) is 0 Å². The maximum Gasteiger partial charge on any atom is 0.336 e. The topological polar surface area (TPSA) is 113 Å². The second-order valence-electron chi connectivity index (χ2n) is 7.71. The minimum Gasteiger partial charge on any atom is -0.458 e. The van der Waals surface area contributed by atoms with Crippen LogP contribution in [-0.4, -0.2) is 63.7 Å². The van der Waals surface area contributed by atoms with Gasteiger partial charge in [0.15, 0.2) is 0 Å². The van der Waals surface area contributed by atoms with E-state index in [1.165, 1.54) is 6.08 Å². The highest BCUT2D eigenvalue weighted by Gasteiger charge is 2.64. The number of aliphatic hydroxyl groups excluding tert-OH is 2. The van der Waals surface area contributed by atoms with Crippen LogP contribution in [0.15, 0.2) is 36.0 Å². The minimum absolute atomic E-state index is 0.0927. The van der Waals surface area contributed by atoms with E-state index in [4.69, 9.17) is 21.1 Å². The molecule has 0 aromatic heterocycles. The summed E-state index contributed by atoms with van der Waals surface area (Å²) in [5.41, 5.74) is -0.760. The van der Waals surface area contributed by atoms with Crippen molar-refractivity contribution < 1.29 is 34.4 Å². The van der Waals surface area contributed by atoms with Crippen LogP contribution in [-0.2, 0) is 19.1 Å². The van der Waals surface area contributed by atoms with Crippen LogP contribution >= 0.6 is 11.6 Å². The Bertz CT molecular complexity index is 745. The zero-order valence-electron chi connectivity index (χ0n) is 15.6. The average Bonchev–Trinajstić information content (AvgIpc) is 3.05. The molecule has 154 valence electrons. The zero-order valence-corrected chi connectivity index (χ0v) is 16.4. The first-order valence-electron chi connectivity index (χ1n) is 9.20. The van der Waals surface area contributed by atoms with E-state index in [-0.39, 0.29) is 35.8 Å². The van der Waals surface area contributed by atoms with Crippen LogP contribution < -0.4 is 0 Å². The van der Waals surface area contributed by atoms with E-state index in [0.717, 1.165) is 0 Å². The van der Waals surface area contributed by atoms with Gasteiger partial charge in [-0.25, -0.2) is 9.59 Å². The number of carbonyl (C=O) groups excluding carboxylic acids is 2. The second kappa shape index (κ2) is 7.63. The van der Waals surface area contributed by atoms with Gasteiger partial charge >= 0.3 is 11.9 Å². The lowest BCUT2D eigenvalue weighted by Crippen LogP contribution is -2.52. The average molecular weight is 413 g/mol. The molecule has 8 heteroatoms. The first kappa shape index (κ1) is 21.0. The van der Waals surface area contributed by atoms with Gasteiger partial charge in [0.05, 0.1) is 30.1 Å². The summed E-state index contributed by atoms with van der Waals surface area (Å²) in [6.07, 6.45) is -0.852. The van der Waals surface area contributed by atoms with E-state index in [2.05, 4.69) is 13.2 Å². The molecule has 7 atom stereocenters. The third-order valence-electron chi connectivity index (χ3n) is 6.32. The molecule has 1 aliphatic heterocycles. The van der Waals surface area contributed by atoms with Crippen LogP contribution in [0.4, 0.5) is 0 Å². The van der Waals surface area contributed by atoms with Gasteiger partial charge in [0, 0.05) is 17.9 Å². The Kier molecular flexibility index (Phi) is 5.74. The summed E-state index contributed by atoms with van der Waals surface area (Å²) in [5, 5.41) is 30.8. The molecule has 3 aliphatic rings. The van der Waals surface area contributed by atoms with Crippen molar-refractivity contribution in [1.82, 2.24) is 0 Å². The van der Waals surface area contributed by atoms with Crippen molar-refractivity contribution in [1.29, 1.82) is 0 Å². The molecule has 0 spiro atoms. The molecule has 3 fully saturated rings. The van der Waals surface area contributed by atoms with Gasteiger partial charge in [-0.2, -0.15) is 0 Å². The van der Waals surface area contributed by atoms with E-state index >= 15 is 0 Å². The summed E-state index contributed by atoms with van der Waals surface area (Å²) in [4.78, 5) is 24.7. The SMILES string of the molecule is C=C1C(=O)O[C@H]2[C@H]1[C@@H](OC(=O)/C(=C/C)CO)CC(=C)[C@@H]1C[C@H](O)[C@](O)(CCl)[C@H]21. The maximum atomic E-state index is 12.4. The molecule has 28 heavy (non-hydrogen) atoms. The van der Waals surface area contributed by atoms with Gasteiger partial charge in [-0.1, -0.05) is 24.8 Å². The van der Waals surface area contributed by atoms with Crippen molar-refractivity contribution in [2.75, 3.05) is 12.5 Å². The highest BCUT2D eigenvalue weighted by molar-refractivity contribution is 6.18. The monoisotopic (exact) mass is 412 g/mol. The molecule has 0 aromatic rings. The van der Waals surface area contributed by atoms with Crippen molar-refractivity contribution in [2.45, 2.75) is 43.7 Å². The first-order valence-corrected chi connectivity index (χ1v) is 9.73. The van der Waals surface area contributed by atoms with Gasteiger partial charge in [0.25, 0.3) is 0 Å². The number of carbonyl (C=O) groups is 2. The van der Waals surface area contributed by atoms with Crippen LogP contribution in [0.5, 0.6) is 0 Å². The summed E-state index contributed by atoms with van der Waals surface area (Å²) in [6, 6.07) is 0. The van der Waals surface area contributed by atoms with Crippen molar-refractivity contribution in [3.8, 4) is 0 Å². The van der Waals surface area contributed by atoms with E-state index < -0.39 is 54.3 Å². The Morgan fingerprint density at radius 2 is 2.14 bits per heavy atom. The summed E-state index contributed by atoms with van der Waals surface area (Å²) >= 11 is 6.00. The predicted molar refractivity (Wildman–Crippen MR) is 100 cm³/mol. The number of hydrogen-bond donors (Lipinski definition) is 3.